The van der Waals surface area contributed by atoms with Crippen LogP contribution in [0.2, 0.25) is 0 Å². The van der Waals surface area contributed by atoms with Gasteiger partial charge in [0.25, 0.3) is 0 Å². The fraction of sp³-hybridized carbons (Fsp3) is 0.533. The van der Waals surface area contributed by atoms with Crippen LogP contribution in [0.15, 0.2) is 18.2 Å². The van der Waals surface area contributed by atoms with Crippen LogP contribution in [-0.2, 0) is 11.2 Å². The van der Waals surface area contributed by atoms with Gasteiger partial charge in [-0.3, -0.25) is 4.79 Å². The molecule has 0 spiro atoms. The summed E-state index contributed by atoms with van der Waals surface area (Å²) >= 11 is 3.48. The summed E-state index contributed by atoms with van der Waals surface area (Å²) < 4.78 is 26.0. The Hall–Kier alpha value is -0.970. The number of hydrogen-bond acceptors (Lipinski definition) is 1. The summed E-state index contributed by atoms with van der Waals surface area (Å²) in [5.41, 5.74) is 0.301. The number of hydrogen-bond donors (Lipinski definition) is 1. The first-order valence-electron chi connectivity index (χ1n) is 6.86. The summed E-state index contributed by atoms with van der Waals surface area (Å²) in [5.74, 6) is -1.95. The van der Waals surface area contributed by atoms with Gasteiger partial charge in [0.2, 0.25) is 5.91 Å². The van der Waals surface area contributed by atoms with Crippen molar-refractivity contribution in [2.45, 2.75) is 44.1 Å². The molecule has 110 valence electrons. The molecule has 0 atom stereocenters. The lowest BCUT2D eigenvalue weighted by Gasteiger charge is -2.36. The SMILES string of the molecule is O=C(Cc1ccc(F)c(F)c1)NC1(CBr)CCCCC1. The Labute approximate surface area is 126 Å². The zero-order chi connectivity index (χ0) is 14.6. The number of benzene rings is 1. The third kappa shape index (κ3) is 3.78. The van der Waals surface area contributed by atoms with Crippen molar-refractivity contribution in [2.75, 3.05) is 5.33 Å². The highest BCUT2D eigenvalue weighted by atomic mass is 79.9. The van der Waals surface area contributed by atoms with Crippen LogP contribution in [0.5, 0.6) is 0 Å². The highest BCUT2D eigenvalue weighted by molar-refractivity contribution is 9.09. The zero-order valence-electron chi connectivity index (χ0n) is 11.2. The molecule has 0 bridgehead atoms. The highest BCUT2D eigenvalue weighted by Gasteiger charge is 2.32. The normalized spacial score (nSPS) is 17.8. The Bertz CT molecular complexity index is 487. The molecule has 1 saturated carbocycles. The minimum atomic E-state index is -0.914. The maximum atomic E-state index is 13.1. The van der Waals surface area contributed by atoms with E-state index >= 15 is 0 Å². The monoisotopic (exact) mass is 345 g/mol. The smallest absolute Gasteiger partial charge is 0.224 e. The first-order chi connectivity index (χ1) is 9.54. The molecule has 1 aromatic rings. The van der Waals surface area contributed by atoms with Crippen LogP contribution < -0.4 is 5.32 Å². The van der Waals surface area contributed by atoms with Gasteiger partial charge in [0.1, 0.15) is 0 Å². The van der Waals surface area contributed by atoms with Gasteiger partial charge < -0.3 is 5.32 Å². The van der Waals surface area contributed by atoms with Crippen molar-refractivity contribution < 1.29 is 13.6 Å². The van der Waals surface area contributed by atoms with Gasteiger partial charge in [0.15, 0.2) is 11.6 Å². The summed E-state index contributed by atoms with van der Waals surface area (Å²) in [6.45, 7) is 0. The van der Waals surface area contributed by atoms with Crippen molar-refractivity contribution in [3.63, 3.8) is 0 Å². The maximum Gasteiger partial charge on any atom is 0.224 e. The van der Waals surface area contributed by atoms with E-state index in [0.29, 0.717) is 5.56 Å². The van der Waals surface area contributed by atoms with Gasteiger partial charge in [0, 0.05) is 10.9 Å². The molecule has 0 unspecified atom stereocenters. The minimum Gasteiger partial charge on any atom is -0.350 e. The number of amides is 1. The minimum absolute atomic E-state index is 0.0753. The van der Waals surface area contributed by atoms with Crippen molar-refractivity contribution in [2.24, 2.45) is 0 Å². The van der Waals surface area contributed by atoms with Crippen LogP contribution in [0, 0.1) is 11.6 Å². The van der Waals surface area contributed by atoms with Gasteiger partial charge >= 0.3 is 0 Å². The van der Waals surface area contributed by atoms with Crippen LogP contribution in [0.3, 0.4) is 0 Å². The van der Waals surface area contributed by atoms with E-state index in [1.165, 1.54) is 12.5 Å². The van der Waals surface area contributed by atoms with E-state index in [2.05, 4.69) is 21.2 Å². The number of nitrogens with one attached hydrogen (secondary N) is 1. The number of rotatable bonds is 4. The van der Waals surface area contributed by atoms with E-state index in [4.69, 9.17) is 0 Å². The molecule has 1 amide bonds. The molecule has 20 heavy (non-hydrogen) atoms. The van der Waals surface area contributed by atoms with E-state index in [-0.39, 0.29) is 17.9 Å². The predicted octanol–water partition coefficient (Wildman–Crippen LogP) is 3.72. The average molecular weight is 346 g/mol. The molecule has 5 heteroatoms. The lowest BCUT2D eigenvalue weighted by molar-refractivity contribution is -0.122. The Morgan fingerprint density at radius 3 is 2.50 bits per heavy atom. The quantitative estimate of drug-likeness (QED) is 0.828. The largest absolute Gasteiger partial charge is 0.350 e. The van der Waals surface area contributed by atoms with Crippen molar-refractivity contribution in [1.29, 1.82) is 0 Å². The van der Waals surface area contributed by atoms with Gasteiger partial charge in [-0.25, -0.2) is 8.78 Å². The molecule has 2 rings (SSSR count). The molecule has 2 nitrogen and oxygen atoms in total. The van der Waals surface area contributed by atoms with E-state index < -0.39 is 11.6 Å². The zero-order valence-corrected chi connectivity index (χ0v) is 12.8. The van der Waals surface area contributed by atoms with Gasteiger partial charge in [0.05, 0.1) is 6.42 Å². The maximum absolute atomic E-state index is 13.1. The number of carbonyl (C=O) groups excluding carboxylic acids is 1. The fourth-order valence-electron chi connectivity index (χ4n) is 2.70. The Morgan fingerprint density at radius 1 is 1.20 bits per heavy atom. The van der Waals surface area contributed by atoms with Crippen LogP contribution in [0.4, 0.5) is 8.78 Å². The summed E-state index contributed by atoms with van der Waals surface area (Å²) in [6.07, 6.45) is 5.41. The Kier molecular flexibility index (Phi) is 5.13. The van der Waals surface area contributed by atoms with E-state index in [0.717, 1.165) is 43.1 Å². The van der Waals surface area contributed by atoms with E-state index in [9.17, 15) is 13.6 Å². The van der Waals surface area contributed by atoms with E-state index in [1.807, 2.05) is 0 Å². The third-order valence-corrected chi connectivity index (χ3v) is 4.89. The molecule has 0 aromatic heterocycles. The van der Waals surface area contributed by atoms with Crippen LogP contribution >= 0.6 is 15.9 Å². The summed E-state index contributed by atoms with van der Waals surface area (Å²) in [7, 11) is 0. The number of halogens is 3. The molecule has 0 aliphatic heterocycles. The van der Waals surface area contributed by atoms with Crippen molar-refractivity contribution >= 4 is 21.8 Å². The molecule has 1 aliphatic rings. The van der Waals surface area contributed by atoms with Crippen molar-refractivity contribution in [3.05, 3.63) is 35.4 Å². The number of carbonyl (C=O) groups is 1. The molecule has 0 saturated heterocycles. The first-order valence-corrected chi connectivity index (χ1v) is 7.98. The lowest BCUT2D eigenvalue weighted by atomic mass is 9.83. The first kappa shape index (κ1) is 15.4. The number of alkyl halides is 1. The third-order valence-electron chi connectivity index (χ3n) is 3.82. The highest BCUT2D eigenvalue weighted by Crippen LogP contribution is 2.29. The molecule has 0 radical (unpaired) electrons. The van der Waals surface area contributed by atoms with Crippen LogP contribution in [-0.4, -0.2) is 16.8 Å². The summed E-state index contributed by atoms with van der Waals surface area (Å²) in [4.78, 5) is 12.1. The second-order valence-electron chi connectivity index (χ2n) is 5.45. The van der Waals surface area contributed by atoms with Crippen molar-refractivity contribution in [3.8, 4) is 0 Å². The van der Waals surface area contributed by atoms with Gasteiger partial charge in [-0.2, -0.15) is 0 Å². The summed E-state index contributed by atoms with van der Waals surface area (Å²) in [6, 6.07) is 3.58. The second-order valence-corrected chi connectivity index (χ2v) is 6.01. The van der Waals surface area contributed by atoms with E-state index in [1.54, 1.807) is 0 Å². The second kappa shape index (κ2) is 6.66. The van der Waals surface area contributed by atoms with Crippen LogP contribution in [0.1, 0.15) is 37.7 Å². The van der Waals surface area contributed by atoms with Crippen LogP contribution in [0.25, 0.3) is 0 Å². The Morgan fingerprint density at radius 2 is 1.90 bits per heavy atom. The predicted molar refractivity (Wildman–Crippen MR) is 77.8 cm³/mol. The van der Waals surface area contributed by atoms with Crippen molar-refractivity contribution in [1.82, 2.24) is 5.32 Å². The van der Waals surface area contributed by atoms with Gasteiger partial charge in [-0.15, -0.1) is 0 Å². The molecule has 1 aliphatic carbocycles. The molecular formula is C15H18BrF2NO. The van der Waals surface area contributed by atoms with Gasteiger partial charge in [-0.05, 0) is 30.5 Å². The summed E-state index contributed by atoms with van der Waals surface area (Å²) in [5, 5.41) is 3.79. The fourth-order valence-corrected chi connectivity index (χ4v) is 3.40. The molecule has 1 fully saturated rings. The standard InChI is InChI=1S/C15H18BrF2NO/c16-10-15(6-2-1-3-7-15)19-14(20)9-11-4-5-12(17)13(18)8-11/h4-5,8H,1-3,6-7,9-10H2,(H,19,20). The topological polar surface area (TPSA) is 29.1 Å². The molecule has 0 heterocycles. The lowest BCUT2D eigenvalue weighted by Crippen LogP contribution is -2.51. The Balaban J connectivity index is 1.98. The molecule has 1 N–H and O–H groups in total. The average Bonchev–Trinajstić information content (AvgIpc) is 2.44. The molecule has 1 aromatic carbocycles. The van der Waals surface area contributed by atoms with Gasteiger partial charge in [-0.1, -0.05) is 41.3 Å². The molecular weight excluding hydrogens is 328 g/mol.